The molecule has 0 unspecified atom stereocenters. The average molecular weight is 181 g/mol. The highest BCUT2D eigenvalue weighted by atomic mass is 15.2. The molecule has 3 heteroatoms. The summed E-state index contributed by atoms with van der Waals surface area (Å²) < 4.78 is 0. The van der Waals surface area contributed by atoms with E-state index < -0.39 is 0 Å². The standard InChI is InChI=1S/C10H19N3/c1-12-7-9-13(10-8-12)6-4-2-3-5-11/h2-4,6-10H2,1H3. The average Bonchev–Trinajstić information content (AvgIpc) is 2.15. The van der Waals surface area contributed by atoms with Crippen LogP contribution in [-0.4, -0.2) is 49.6 Å². The van der Waals surface area contributed by atoms with Crippen molar-refractivity contribution in [1.29, 1.82) is 5.26 Å². The molecule has 0 radical (unpaired) electrons. The topological polar surface area (TPSA) is 30.3 Å². The predicted octanol–water partition coefficient (Wildman–Crippen LogP) is 0.928. The zero-order valence-electron chi connectivity index (χ0n) is 8.50. The third-order valence-electron chi connectivity index (χ3n) is 2.61. The second-order valence-corrected chi connectivity index (χ2v) is 3.76. The number of hydrogen-bond donors (Lipinski definition) is 0. The second kappa shape index (κ2) is 5.95. The van der Waals surface area contributed by atoms with Crippen molar-refractivity contribution in [3.05, 3.63) is 0 Å². The number of piperazine rings is 1. The van der Waals surface area contributed by atoms with Crippen molar-refractivity contribution < 1.29 is 0 Å². The van der Waals surface area contributed by atoms with E-state index in [1.165, 1.54) is 39.1 Å². The van der Waals surface area contributed by atoms with Gasteiger partial charge in [-0.1, -0.05) is 0 Å². The van der Waals surface area contributed by atoms with E-state index in [9.17, 15) is 0 Å². The smallest absolute Gasteiger partial charge is 0.0621 e. The molecule has 1 fully saturated rings. The molecular weight excluding hydrogens is 162 g/mol. The lowest BCUT2D eigenvalue weighted by molar-refractivity contribution is 0.152. The van der Waals surface area contributed by atoms with E-state index in [0.717, 1.165) is 6.42 Å². The van der Waals surface area contributed by atoms with Gasteiger partial charge >= 0.3 is 0 Å². The Morgan fingerprint density at radius 3 is 2.46 bits per heavy atom. The lowest BCUT2D eigenvalue weighted by atomic mass is 10.2. The molecule has 0 amide bonds. The molecule has 74 valence electrons. The summed E-state index contributed by atoms with van der Waals surface area (Å²) in [4.78, 5) is 4.86. The van der Waals surface area contributed by atoms with Gasteiger partial charge in [-0.15, -0.1) is 0 Å². The van der Waals surface area contributed by atoms with Crippen molar-refractivity contribution in [3.8, 4) is 6.07 Å². The fourth-order valence-corrected chi connectivity index (χ4v) is 1.61. The van der Waals surface area contributed by atoms with E-state index in [-0.39, 0.29) is 0 Å². The van der Waals surface area contributed by atoms with Crippen LogP contribution in [0.15, 0.2) is 0 Å². The zero-order valence-corrected chi connectivity index (χ0v) is 8.50. The van der Waals surface area contributed by atoms with Crippen molar-refractivity contribution in [2.75, 3.05) is 39.8 Å². The van der Waals surface area contributed by atoms with Crippen LogP contribution in [0.25, 0.3) is 0 Å². The molecule has 0 atom stereocenters. The molecule has 1 heterocycles. The molecule has 0 N–H and O–H groups in total. The monoisotopic (exact) mass is 181 g/mol. The second-order valence-electron chi connectivity index (χ2n) is 3.76. The Morgan fingerprint density at radius 1 is 1.15 bits per heavy atom. The Balaban J connectivity index is 2.00. The molecule has 0 saturated carbocycles. The van der Waals surface area contributed by atoms with Crippen LogP contribution in [0.2, 0.25) is 0 Å². The van der Waals surface area contributed by atoms with Crippen LogP contribution in [0.3, 0.4) is 0 Å². The van der Waals surface area contributed by atoms with Crippen LogP contribution in [-0.2, 0) is 0 Å². The van der Waals surface area contributed by atoms with Gasteiger partial charge in [0.25, 0.3) is 0 Å². The van der Waals surface area contributed by atoms with Gasteiger partial charge in [0.05, 0.1) is 6.07 Å². The maximum Gasteiger partial charge on any atom is 0.0621 e. The zero-order chi connectivity index (χ0) is 9.52. The summed E-state index contributed by atoms with van der Waals surface area (Å²) in [7, 11) is 2.17. The minimum Gasteiger partial charge on any atom is -0.304 e. The summed E-state index contributed by atoms with van der Waals surface area (Å²) in [6.07, 6.45) is 2.95. The lowest BCUT2D eigenvalue weighted by Gasteiger charge is -2.32. The molecule has 0 bridgehead atoms. The van der Waals surface area contributed by atoms with Crippen LogP contribution in [0.5, 0.6) is 0 Å². The summed E-state index contributed by atoms with van der Waals surface area (Å²) in [5, 5.41) is 8.37. The molecule has 0 aliphatic carbocycles. The fourth-order valence-electron chi connectivity index (χ4n) is 1.61. The highest BCUT2D eigenvalue weighted by molar-refractivity contribution is 4.71. The lowest BCUT2D eigenvalue weighted by Crippen LogP contribution is -2.44. The summed E-state index contributed by atoms with van der Waals surface area (Å²) in [6, 6.07) is 2.19. The van der Waals surface area contributed by atoms with Gasteiger partial charge in [-0.2, -0.15) is 5.26 Å². The molecule has 0 spiro atoms. The van der Waals surface area contributed by atoms with E-state index in [1.54, 1.807) is 0 Å². The summed E-state index contributed by atoms with van der Waals surface area (Å²) in [6.45, 7) is 5.96. The number of unbranched alkanes of at least 4 members (excludes halogenated alkanes) is 2. The summed E-state index contributed by atoms with van der Waals surface area (Å²) in [5.74, 6) is 0. The van der Waals surface area contributed by atoms with Gasteiger partial charge in [-0.05, 0) is 26.4 Å². The molecule has 1 aliphatic heterocycles. The Labute approximate surface area is 80.9 Å². The number of nitriles is 1. The van der Waals surface area contributed by atoms with E-state index in [1.807, 2.05) is 0 Å². The van der Waals surface area contributed by atoms with Crippen LogP contribution >= 0.6 is 0 Å². The minimum absolute atomic E-state index is 0.716. The van der Waals surface area contributed by atoms with Crippen molar-refractivity contribution in [2.24, 2.45) is 0 Å². The van der Waals surface area contributed by atoms with Gasteiger partial charge < -0.3 is 9.80 Å². The van der Waals surface area contributed by atoms with Gasteiger partial charge in [0.2, 0.25) is 0 Å². The van der Waals surface area contributed by atoms with Gasteiger partial charge in [0.1, 0.15) is 0 Å². The molecule has 3 nitrogen and oxygen atoms in total. The third-order valence-corrected chi connectivity index (χ3v) is 2.61. The van der Waals surface area contributed by atoms with Crippen LogP contribution in [0.4, 0.5) is 0 Å². The number of hydrogen-bond acceptors (Lipinski definition) is 3. The van der Waals surface area contributed by atoms with E-state index >= 15 is 0 Å². The largest absolute Gasteiger partial charge is 0.304 e. The number of likely N-dealkylation sites (N-methyl/N-ethyl adjacent to an activating group) is 1. The van der Waals surface area contributed by atoms with Gasteiger partial charge in [0, 0.05) is 32.6 Å². The fraction of sp³-hybridized carbons (Fsp3) is 0.900. The summed E-state index contributed by atoms with van der Waals surface area (Å²) >= 11 is 0. The minimum atomic E-state index is 0.716. The Bertz CT molecular complexity index is 165. The molecular formula is C10H19N3. The first-order valence-electron chi connectivity index (χ1n) is 5.11. The molecule has 1 saturated heterocycles. The van der Waals surface area contributed by atoms with Crippen LogP contribution < -0.4 is 0 Å². The quantitative estimate of drug-likeness (QED) is 0.604. The van der Waals surface area contributed by atoms with Gasteiger partial charge in [-0.3, -0.25) is 0 Å². The maximum absolute atomic E-state index is 8.37. The Kier molecular flexibility index (Phi) is 4.81. The first-order valence-corrected chi connectivity index (χ1v) is 5.11. The Hall–Kier alpha value is -0.590. The van der Waals surface area contributed by atoms with Crippen molar-refractivity contribution in [3.63, 3.8) is 0 Å². The molecule has 1 aliphatic rings. The first kappa shape index (κ1) is 10.5. The van der Waals surface area contributed by atoms with Gasteiger partial charge in [0.15, 0.2) is 0 Å². The van der Waals surface area contributed by atoms with Crippen molar-refractivity contribution in [1.82, 2.24) is 9.80 Å². The molecule has 1 rings (SSSR count). The normalized spacial score (nSPS) is 20.0. The van der Waals surface area contributed by atoms with Crippen molar-refractivity contribution >= 4 is 0 Å². The molecule has 0 aromatic rings. The highest BCUT2D eigenvalue weighted by Gasteiger charge is 2.12. The van der Waals surface area contributed by atoms with Crippen molar-refractivity contribution in [2.45, 2.75) is 19.3 Å². The van der Waals surface area contributed by atoms with Gasteiger partial charge in [-0.25, -0.2) is 0 Å². The van der Waals surface area contributed by atoms with Crippen LogP contribution in [0.1, 0.15) is 19.3 Å². The first-order chi connectivity index (χ1) is 6.33. The number of nitrogens with zero attached hydrogens (tertiary/aromatic N) is 3. The highest BCUT2D eigenvalue weighted by Crippen LogP contribution is 2.02. The third kappa shape index (κ3) is 4.25. The predicted molar refractivity (Wildman–Crippen MR) is 53.4 cm³/mol. The SMILES string of the molecule is CN1CCN(CCCCC#N)CC1. The maximum atomic E-state index is 8.37. The molecule has 0 aromatic heterocycles. The molecule has 0 aromatic carbocycles. The summed E-state index contributed by atoms with van der Waals surface area (Å²) in [5.41, 5.74) is 0. The van der Waals surface area contributed by atoms with E-state index in [4.69, 9.17) is 5.26 Å². The number of rotatable bonds is 4. The van der Waals surface area contributed by atoms with Crippen LogP contribution in [0, 0.1) is 11.3 Å². The van der Waals surface area contributed by atoms with E-state index in [0.29, 0.717) is 6.42 Å². The van der Waals surface area contributed by atoms with E-state index in [2.05, 4.69) is 22.9 Å². The Morgan fingerprint density at radius 2 is 1.85 bits per heavy atom. The molecule has 13 heavy (non-hydrogen) atoms.